The first-order valence-corrected chi connectivity index (χ1v) is 6.61. The lowest BCUT2D eigenvalue weighted by atomic mass is 9.99. The first-order chi connectivity index (χ1) is 9.22. The number of hydrogen-bond acceptors (Lipinski definition) is 4. The number of amides is 1. The maximum atomic E-state index is 12.1. The van der Waals surface area contributed by atoms with Crippen LogP contribution >= 0.6 is 24.8 Å². The van der Waals surface area contributed by atoms with Crippen molar-refractivity contribution < 1.29 is 9.21 Å². The van der Waals surface area contributed by atoms with Crippen molar-refractivity contribution in [2.75, 3.05) is 18.4 Å². The van der Waals surface area contributed by atoms with E-state index in [1.807, 2.05) is 25.1 Å². The lowest BCUT2D eigenvalue weighted by molar-refractivity contribution is -0.120. The molecule has 2 heterocycles. The van der Waals surface area contributed by atoms with Gasteiger partial charge in [-0.25, -0.2) is 4.98 Å². The maximum absolute atomic E-state index is 12.1. The third kappa shape index (κ3) is 4.09. The van der Waals surface area contributed by atoms with Gasteiger partial charge in [-0.2, -0.15) is 0 Å². The summed E-state index contributed by atoms with van der Waals surface area (Å²) < 4.78 is 5.41. The van der Waals surface area contributed by atoms with Crippen molar-refractivity contribution in [1.82, 2.24) is 10.3 Å². The number of aromatic nitrogens is 1. The monoisotopic (exact) mass is 331 g/mol. The van der Waals surface area contributed by atoms with Crippen molar-refractivity contribution in [3.05, 3.63) is 24.1 Å². The molecule has 2 aromatic rings. The van der Waals surface area contributed by atoms with Crippen LogP contribution in [0.5, 0.6) is 0 Å². The van der Waals surface area contributed by atoms with Gasteiger partial charge in [0.05, 0.1) is 5.92 Å². The number of halogens is 2. The number of fused-ring (bicyclic) bond motifs is 1. The molecule has 3 rings (SSSR count). The quantitative estimate of drug-likeness (QED) is 0.887. The number of nitrogens with one attached hydrogen (secondary N) is 2. The molecule has 1 saturated heterocycles. The topological polar surface area (TPSA) is 67.2 Å². The average molecular weight is 332 g/mol. The van der Waals surface area contributed by atoms with Gasteiger partial charge in [0, 0.05) is 19.2 Å². The average Bonchev–Trinajstić information content (AvgIpc) is 2.79. The smallest absolute Gasteiger partial charge is 0.228 e. The van der Waals surface area contributed by atoms with E-state index in [0.717, 1.165) is 42.7 Å². The summed E-state index contributed by atoms with van der Waals surface area (Å²) in [5, 5.41) is 6.20. The summed E-state index contributed by atoms with van der Waals surface area (Å²) in [6.45, 7) is 3.58. The molecule has 1 unspecified atom stereocenters. The van der Waals surface area contributed by atoms with Crippen LogP contribution in [0.2, 0.25) is 0 Å². The van der Waals surface area contributed by atoms with Gasteiger partial charge in [0.1, 0.15) is 5.52 Å². The van der Waals surface area contributed by atoms with Crippen molar-refractivity contribution in [1.29, 1.82) is 0 Å². The number of nitrogens with zero attached hydrogens (tertiary/aromatic N) is 1. The number of oxazole rings is 1. The van der Waals surface area contributed by atoms with E-state index in [4.69, 9.17) is 4.42 Å². The van der Waals surface area contributed by atoms with Crippen LogP contribution in [0, 0.1) is 12.8 Å². The van der Waals surface area contributed by atoms with E-state index in [1.54, 1.807) is 0 Å². The van der Waals surface area contributed by atoms with Gasteiger partial charge in [-0.05, 0) is 37.6 Å². The van der Waals surface area contributed by atoms with Gasteiger partial charge in [0.15, 0.2) is 11.5 Å². The second-order valence-electron chi connectivity index (χ2n) is 4.95. The number of aryl methyl sites for hydroxylation is 1. The Morgan fingerprint density at radius 1 is 1.43 bits per heavy atom. The molecule has 1 amide bonds. The molecule has 0 bridgehead atoms. The van der Waals surface area contributed by atoms with E-state index in [1.165, 1.54) is 0 Å². The molecule has 116 valence electrons. The zero-order valence-corrected chi connectivity index (χ0v) is 13.4. The molecule has 7 heteroatoms. The summed E-state index contributed by atoms with van der Waals surface area (Å²) in [6, 6.07) is 5.53. The molecule has 2 N–H and O–H groups in total. The van der Waals surface area contributed by atoms with E-state index < -0.39 is 0 Å². The lowest BCUT2D eigenvalue weighted by Gasteiger charge is -2.21. The fourth-order valence-corrected chi connectivity index (χ4v) is 2.44. The Morgan fingerprint density at radius 2 is 2.24 bits per heavy atom. The van der Waals surface area contributed by atoms with E-state index in [2.05, 4.69) is 15.6 Å². The van der Waals surface area contributed by atoms with Gasteiger partial charge in [0.2, 0.25) is 5.91 Å². The zero-order chi connectivity index (χ0) is 13.2. The van der Waals surface area contributed by atoms with Crippen molar-refractivity contribution >= 4 is 47.5 Å². The summed E-state index contributed by atoms with van der Waals surface area (Å²) >= 11 is 0. The molecule has 0 aliphatic carbocycles. The van der Waals surface area contributed by atoms with Crippen molar-refractivity contribution in [2.24, 2.45) is 5.92 Å². The number of carbonyl (C=O) groups excluding carboxylic acids is 1. The summed E-state index contributed by atoms with van der Waals surface area (Å²) in [5.74, 6) is 0.769. The Morgan fingerprint density at radius 3 is 2.95 bits per heavy atom. The highest BCUT2D eigenvalue weighted by molar-refractivity contribution is 5.94. The predicted octanol–water partition coefficient (Wildman–Crippen LogP) is 2.92. The van der Waals surface area contributed by atoms with Gasteiger partial charge >= 0.3 is 0 Å². The molecule has 1 aliphatic rings. The van der Waals surface area contributed by atoms with Gasteiger partial charge in [-0.3, -0.25) is 4.79 Å². The van der Waals surface area contributed by atoms with Crippen molar-refractivity contribution in [3.8, 4) is 0 Å². The van der Waals surface area contributed by atoms with Crippen LogP contribution in [0.1, 0.15) is 18.7 Å². The summed E-state index contributed by atoms with van der Waals surface area (Å²) in [7, 11) is 0. The number of piperidine rings is 1. The molecular formula is C14H19Cl2N3O2. The minimum Gasteiger partial charge on any atom is -0.441 e. The Balaban J connectivity index is 0.00000110. The van der Waals surface area contributed by atoms with E-state index in [9.17, 15) is 4.79 Å². The van der Waals surface area contributed by atoms with Crippen molar-refractivity contribution in [2.45, 2.75) is 19.8 Å². The minimum atomic E-state index is 0. The molecule has 1 aliphatic heterocycles. The molecule has 0 spiro atoms. The molecule has 21 heavy (non-hydrogen) atoms. The number of rotatable bonds is 2. The Bertz CT molecular complexity index is 609. The van der Waals surface area contributed by atoms with Gasteiger partial charge < -0.3 is 15.1 Å². The van der Waals surface area contributed by atoms with E-state index in [-0.39, 0.29) is 36.6 Å². The van der Waals surface area contributed by atoms with Crippen LogP contribution in [-0.4, -0.2) is 24.0 Å². The molecule has 5 nitrogen and oxygen atoms in total. The largest absolute Gasteiger partial charge is 0.441 e. The molecule has 0 radical (unpaired) electrons. The van der Waals surface area contributed by atoms with E-state index in [0.29, 0.717) is 5.89 Å². The van der Waals surface area contributed by atoms with Crippen LogP contribution < -0.4 is 10.6 Å². The second kappa shape index (κ2) is 7.64. The highest BCUT2D eigenvalue weighted by atomic mass is 35.5. The number of carbonyl (C=O) groups is 1. The van der Waals surface area contributed by atoms with Gasteiger partial charge in [-0.15, -0.1) is 24.8 Å². The number of benzene rings is 1. The number of anilines is 1. The van der Waals surface area contributed by atoms with Crippen LogP contribution in [0.3, 0.4) is 0 Å². The van der Waals surface area contributed by atoms with E-state index >= 15 is 0 Å². The van der Waals surface area contributed by atoms with Gasteiger partial charge in [-0.1, -0.05) is 0 Å². The normalized spacial score (nSPS) is 17.7. The van der Waals surface area contributed by atoms with Gasteiger partial charge in [0.25, 0.3) is 0 Å². The predicted molar refractivity (Wildman–Crippen MR) is 87.5 cm³/mol. The fraction of sp³-hybridized carbons (Fsp3) is 0.429. The summed E-state index contributed by atoms with van der Waals surface area (Å²) in [4.78, 5) is 16.4. The first-order valence-electron chi connectivity index (χ1n) is 6.61. The summed E-state index contributed by atoms with van der Waals surface area (Å²) in [6.07, 6.45) is 2.00. The minimum absolute atomic E-state index is 0. The van der Waals surface area contributed by atoms with Crippen molar-refractivity contribution in [3.63, 3.8) is 0 Å². The Hall–Kier alpha value is -1.30. The highest BCUT2D eigenvalue weighted by Crippen LogP contribution is 2.21. The molecular weight excluding hydrogens is 313 g/mol. The fourth-order valence-electron chi connectivity index (χ4n) is 2.44. The molecule has 1 aromatic carbocycles. The standard InChI is InChI=1S/C14H17N3O2.2ClH/c1-9-16-12-7-11(4-5-13(12)19-9)17-14(18)10-3-2-6-15-8-10;;/h4-5,7,10,15H,2-3,6,8H2,1H3,(H,17,18);2*1H. The second-order valence-corrected chi connectivity index (χ2v) is 4.95. The zero-order valence-electron chi connectivity index (χ0n) is 11.7. The maximum Gasteiger partial charge on any atom is 0.228 e. The van der Waals surface area contributed by atoms with Crippen LogP contribution in [0.15, 0.2) is 22.6 Å². The Kier molecular flexibility index (Phi) is 6.45. The molecule has 1 aromatic heterocycles. The SMILES string of the molecule is Cc1nc2cc(NC(=O)C3CCCNC3)ccc2o1.Cl.Cl. The lowest BCUT2D eigenvalue weighted by Crippen LogP contribution is -2.37. The van der Waals surface area contributed by atoms with Crippen LogP contribution in [0.25, 0.3) is 11.1 Å². The number of hydrogen-bond donors (Lipinski definition) is 2. The van der Waals surface area contributed by atoms with Crippen LogP contribution in [-0.2, 0) is 4.79 Å². The van der Waals surface area contributed by atoms with Crippen LogP contribution in [0.4, 0.5) is 5.69 Å². The molecule has 1 atom stereocenters. The Labute approximate surface area is 135 Å². The third-order valence-electron chi connectivity index (χ3n) is 3.43. The highest BCUT2D eigenvalue weighted by Gasteiger charge is 2.20. The first kappa shape index (κ1) is 17.8. The third-order valence-corrected chi connectivity index (χ3v) is 3.43. The summed E-state index contributed by atoms with van der Waals surface area (Å²) in [5.41, 5.74) is 2.29. The molecule has 1 fully saturated rings. The molecule has 0 saturated carbocycles.